The molecule has 2 aliphatic rings. The van der Waals surface area contributed by atoms with Crippen molar-refractivity contribution in [2.45, 2.75) is 56.9 Å². The molecule has 1 atom stereocenters. The molecule has 0 radical (unpaired) electrons. The van der Waals surface area contributed by atoms with Crippen LogP contribution in [-0.2, 0) is 4.79 Å². The van der Waals surface area contributed by atoms with Crippen molar-refractivity contribution in [3.05, 3.63) is 35.9 Å². The SMILES string of the molecule is NCC[C@H]1CCCCN1C(=O)CC1CC(c2ccccc2)C1. The van der Waals surface area contributed by atoms with Gasteiger partial charge in [0.05, 0.1) is 0 Å². The van der Waals surface area contributed by atoms with Gasteiger partial charge in [0, 0.05) is 19.0 Å². The zero-order valence-electron chi connectivity index (χ0n) is 13.4. The van der Waals surface area contributed by atoms with Crippen LogP contribution in [-0.4, -0.2) is 29.9 Å². The number of hydrogen-bond donors (Lipinski definition) is 1. The van der Waals surface area contributed by atoms with E-state index in [9.17, 15) is 4.79 Å². The van der Waals surface area contributed by atoms with Crippen molar-refractivity contribution >= 4 is 5.91 Å². The highest BCUT2D eigenvalue weighted by molar-refractivity contribution is 5.77. The quantitative estimate of drug-likeness (QED) is 0.907. The van der Waals surface area contributed by atoms with Gasteiger partial charge in [0.2, 0.25) is 5.91 Å². The summed E-state index contributed by atoms with van der Waals surface area (Å²) in [4.78, 5) is 14.7. The number of likely N-dealkylation sites (tertiary alicyclic amines) is 1. The molecule has 1 amide bonds. The molecule has 1 aliphatic carbocycles. The van der Waals surface area contributed by atoms with Gasteiger partial charge in [0.25, 0.3) is 0 Å². The molecule has 2 N–H and O–H groups in total. The lowest BCUT2D eigenvalue weighted by Gasteiger charge is -2.40. The van der Waals surface area contributed by atoms with Gasteiger partial charge in [-0.05, 0) is 62.5 Å². The number of nitrogens with two attached hydrogens (primary N) is 1. The Morgan fingerprint density at radius 3 is 2.68 bits per heavy atom. The average Bonchev–Trinajstić information content (AvgIpc) is 2.52. The number of benzene rings is 1. The molecule has 0 spiro atoms. The van der Waals surface area contributed by atoms with Crippen LogP contribution >= 0.6 is 0 Å². The molecule has 1 aromatic carbocycles. The van der Waals surface area contributed by atoms with Gasteiger partial charge in [-0.15, -0.1) is 0 Å². The number of amides is 1. The van der Waals surface area contributed by atoms with Crippen molar-refractivity contribution < 1.29 is 4.79 Å². The zero-order valence-corrected chi connectivity index (χ0v) is 13.4. The van der Waals surface area contributed by atoms with Crippen molar-refractivity contribution in [1.29, 1.82) is 0 Å². The van der Waals surface area contributed by atoms with Crippen LogP contribution in [0.5, 0.6) is 0 Å². The van der Waals surface area contributed by atoms with Gasteiger partial charge in [-0.2, -0.15) is 0 Å². The van der Waals surface area contributed by atoms with Gasteiger partial charge >= 0.3 is 0 Å². The minimum Gasteiger partial charge on any atom is -0.340 e. The Bertz CT molecular complexity index is 479. The number of carbonyl (C=O) groups is 1. The summed E-state index contributed by atoms with van der Waals surface area (Å²) in [6.45, 7) is 1.63. The van der Waals surface area contributed by atoms with Gasteiger partial charge in [0.15, 0.2) is 0 Å². The first kappa shape index (κ1) is 15.5. The molecule has 22 heavy (non-hydrogen) atoms. The smallest absolute Gasteiger partial charge is 0.223 e. The number of hydrogen-bond acceptors (Lipinski definition) is 2. The summed E-state index contributed by atoms with van der Waals surface area (Å²) < 4.78 is 0. The Balaban J connectivity index is 1.48. The molecule has 3 rings (SSSR count). The average molecular weight is 300 g/mol. The molecule has 3 heteroatoms. The van der Waals surface area contributed by atoms with Crippen LogP contribution in [0.2, 0.25) is 0 Å². The number of carbonyl (C=O) groups excluding carboxylic acids is 1. The van der Waals surface area contributed by atoms with Crippen LogP contribution in [0.4, 0.5) is 0 Å². The molecular formula is C19H28N2O. The summed E-state index contributed by atoms with van der Waals surface area (Å²) in [6.07, 6.45) is 7.59. The predicted octanol–water partition coefficient (Wildman–Crippen LogP) is 3.30. The van der Waals surface area contributed by atoms with E-state index in [0.717, 1.165) is 32.2 Å². The van der Waals surface area contributed by atoms with Crippen molar-refractivity contribution in [3.8, 4) is 0 Å². The first-order valence-corrected chi connectivity index (χ1v) is 8.82. The van der Waals surface area contributed by atoms with E-state index in [1.807, 2.05) is 0 Å². The normalized spacial score (nSPS) is 28.2. The Morgan fingerprint density at radius 2 is 1.95 bits per heavy atom. The first-order valence-electron chi connectivity index (χ1n) is 8.82. The van der Waals surface area contributed by atoms with E-state index in [1.54, 1.807) is 0 Å². The second kappa shape index (κ2) is 7.28. The standard InChI is InChI=1S/C19H28N2O/c20-10-9-18-8-4-5-11-21(18)19(22)14-15-12-17(13-15)16-6-2-1-3-7-16/h1-3,6-7,15,17-18H,4-5,8-14,20H2/t15?,17?,18-/m1/s1. The highest BCUT2D eigenvalue weighted by atomic mass is 16.2. The molecule has 0 unspecified atom stereocenters. The summed E-state index contributed by atoms with van der Waals surface area (Å²) in [5.41, 5.74) is 7.14. The second-order valence-electron chi connectivity index (χ2n) is 6.96. The number of rotatable bonds is 5. The van der Waals surface area contributed by atoms with Crippen LogP contribution < -0.4 is 5.73 Å². The largest absolute Gasteiger partial charge is 0.340 e. The monoisotopic (exact) mass is 300 g/mol. The highest BCUT2D eigenvalue weighted by Crippen LogP contribution is 2.43. The van der Waals surface area contributed by atoms with Crippen molar-refractivity contribution in [2.24, 2.45) is 11.7 Å². The van der Waals surface area contributed by atoms with E-state index in [-0.39, 0.29) is 0 Å². The van der Waals surface area contributed by atoms with Crippen LogP contribution in [0.15, 0.2) is 30.3 Å². The van der Waals surface area contributed by atoms with Crippen LogP contribution in [0.3, 0.4) is 0 Å². The van der Waals surface area contributed by atoms with Crippen molar-refractivity contribution in [3.63, 3.8) is 0 Å². The second-order valence-corrected chi connectivity index (χ2v) is 6.96. The number of piperidine rings is 1. The van der Waals surface area contributed by atoms with E-state index in [0.29, 0.717) is 30.3 Å². The van der Waals surface area contributed by atoms with Crippen molar-refractivity contribution in [1.82, 2.24) is 4.90 Å². The minimum atomic E-state index is 0.370. The summed E-state index contributed by atoms with van der Waals surface area (Å²) in [6, 6.07) is 11.1. The fraction of sp³-hybridized carbons (Fsp3) is 0.632. The first-order chi connectivity index (χ1) is 10.8. The summed E-state index contributed by atoms with van der Waals surface area (Å²) >= 11 is 0. The topological polar surface area (TPSA) is 46.3 Å². The Hall–Kier alpha value is -1.35. The molecule has 1 aromatic rings. The maximum atomic E-state index is 12.6. The third kappa shape index (κ3) is 3.52. The fourth-order valence-corrected chi connectivity index (χ4v) is 4.09. The third-order valence-corrected chi connectivity index (χ3v) is 5.42. The molecule has 120 valence electrons. The molecular weight excluding hydrogens is 272 g/mol. The molecule has 0 aromatic heterocycles. The molecule has 1 heterocycles. The third-order valence-electron chi connectivity index (χ3n) is 5.42. The lowest BCUT2D eigenvalue weighted by atomic mass is 9.70. The Labute approximate surface area is 133 Å². The Kier molecular flexibility index (Phi) is 5.14. The van der Waals surface area contributed by atoms with Crippen LogP contribution in [0.1, 0.15) is 56.4 Å². The summed E-state index contributed by atoms with van der Waals surface area (Å²) in [5, 5.41) is 0. The molecule has 0 bridgehead atoms. The van der Waals surface area contributed by atoms with Gasteiger partial charge < -0.3 is 10.6 Å². The van der Waals surface area contributed by atoms with E-state index in [2.05, 4.69) is 35.2 Å². The van der Waals surface area contributed by atoms with Gasteiger partial charge in [-0.25, -0.2) is 0 Å². The van der Waals surface area contributed by atoms with E-state index in [4.69, 9.17) is 5.73 Å². The summed E-state index contributed by atoms with van der Waals surface area (Å²) in [7, 11) is 0. The van der Waals surface area contributed by atoms with Crippen molar-refractivity contribution in [2.75, 3.05) is 13.1 Å². The lowest BCUT2D eigenvalue weighted by molar-refractivity contribution is -0.136. The molecule has 1 saturated heterocycles. The maximum absolute atomic E-state index is 12.6. The van der Waals surface area contributed by atoms with E-state index in [1.165, 1.54) is 24.8 Å². The number of nitrogens with zero attached hydrogens (tertiary/aromatic N) is 1. The fourth-order valence-electron chi connectivity index (χ4n) is 4.09. The summed E-state index contributed by atoms with van der Waals surface area (Å²) in [5.74, 6) is 1.62. The Morgan fingerprint density at radius 1 is 1.18 bits per heavy atom. The van der Waals surface area contributed by atoms with Gasteiger partial charge in [-0.1, -0.05) is 30.3 Å². The van der Waals surface area contributed by atoms with Gasteiger partial charge in [0.1, 0.15) is 0 Å². The molecule has 2 fully saturated rings. The highest BCUT2D eigenvalue weighted by Gasteiger charge is 2.34. The predicted molar refractivity (Wildman–Crippen MR) is 89.5 cm³/mol. The molecule has 1 saturated carbocycles. The lowest BCUT2D eigenvalue weighted by Crippen LogP contribution is -2.45. The van der Waals surface area contributed by atoms with Crippen LogP contribution in [0, 0.1) is 5.92 Å². The minimum absolute atomic E-state index is 0.370. The van der Waals surface area contributed by atoms with E-state index < -0.39 is 0 Å². The van der Waals surface area contributed by atoms with Crippen LogP contribution in [0.25, 0.3) is 0 Å². The van der Waals surface area contributed by atoms with E-state index >= 15 is 0 Å². The zero-order chi connectivity index (χ0) is 15.4. The molecule has 1 aliphatic heterocycles. The van der Waals surface area contributed by atoms with Gasteiger partial charge in [-0.3, -0.25) is 4.79 Å². The maximum Gasteiger partial charge on any atom is 0.223 e. The molecule has 3 nitrogen and oxygen atoms in total.